The Morgan fingerprint density at radius 1 is 0.679 bits per heavy atom. The molecule has 0 aliphatic carbocycles. The molecule has 2 aliphatic rings. The van der Waals surface area contributed by atoms with Crippen molar-refractivity contribution in [1.82, 2.24) is 0 Å². The Balaban J connectivity index is 1.73. The summed E-state index contributed by atoms with van der Waals surface area (Å²) in [5.74, 6) is 0.0845. The van der Waals surface area contributed by atoms with E-state index in [1.807, 2.05) is 0 Å². The van der Waals surface area contributed by atoms with E-state index in [1.165, 1.54) is 24.0 Å². The van der Waals surface area contributed by atoms with Gasteiger partial charge in [-0.3, -0.25) is 9.59 Å². The third-order valence-electron chi connectivity index (χ3n) is 5.28. The van der Waals surface area contributed by atoms with E-state index in [4.69, 9.17) is 9.47 Å². The predicted molar refractivity (Wildman–Crippen MR) is 101 cm³/mol. The molecular weight excluding hydrogens is 364 g/mol. The largest absolute Gasteiger partial charge is 0.497 e. The van der Waals surface area contributed by atoms with Gasteiger partial charge in [0.25, 0.3) is 11.8 Å². The Bertz CT molecular complexity index is 822. The smallest absolute Gasteiger partial charge is 0.258 e. The van der Waals surface area contributed by atoms with E-state index < -0.39 is 36.1 Å². The van der Waals surface area contributed by atoms with Crippen molar-refractivity contribution >= 4 is 23.2 Å². The molecule has 2 aromatic carbocycles. The first-order valence-corrected chi connectivity index (χ1v) is 8.78. The summed E-state index contributed by atoms with van der Waals surface area (Å²) in [7, 11) is 3.06. The number of aliphatic hydroxyl groups is 2. The Hall–Kier alpha value is -3.10. The predicted octanol–water partition coefficient (Wildman–Crippen LogP) is 0.556. The average molecular weight is 384 g/mol. The molecule has 2 N–H and O–H groups in total. The van der Waals surface area contributed by atoms with Gasteiger partial charge in [0, 0.05) is 11.4 Å². The van der Waals surface area contributed by atoms with Crippen LogP contribution in [0.3, 0.4) is 0 Å². The van der Waals surface area contributed by atoms with Crippen LogP contribution >= 0.6 is 0 Å². The second-order valence-electron chi connectivity index (χ2n) is 6.68. The zero-order chi connectivity index (χ0) is 20.0. The summed E-state index contributed by atoms with van der Waals surface area (Å²) in [6.07, 6.45) is -2.90. The minimum atomic E-state index is -1.45. The molecule has 8 nitrogen and oxygen atoms in total. The van der Waals surface area contributed by atoms with Gasteiger partial charge in [0.1, 0.15) is 11.5 Å². The summed E-state index contributed by atoms with van der Waals surface area (Å²) in [4.78, 5) is 28.1. The van der Waals surface area contributed by atoms with Crippen LogP contribution in [0.1, 0.15) is 0 Å². The highest BCUT2D eigenvalue weighted by molar-refractivity contribution is 6.10. The van der Waals surface area contributed by atoms with Crippen molar-refractivity contribution < 1.29 is 29.3 Å². The standard InChI is InChI=1S/C20H20N2O6/c1-27-13-7-3-11(4-8-13)21-15-16(18(24)19(21)25)22(20(26)17(15)23)12-5-9-14(28-2)10-6-12/h3-10,15-18,23-24H,1-2H3/t15-,16-,17+,18+/m1/s1. The second kappa shape index (κ2) is 6.81. The summed E-state index contributed by atoms with van der Waals surface area (Å²) >= 11 is 0. The number of carbonyl (C=O) groups is 2. The summed E-state index contributed by atoms with van der Waals surface area (Å²) in [6.45, 7) is 0. The number of rotatable bonds is 4. The first kappa shape index (κ1) is 18.3. The second-order valence-corrected chi connectivity index (χ2v) is 6.68. The van der Waals surface area contributed by atoms with Crippen molar-refractivity contribution in [2.24, 2.45) is 0 Å². The van der Waals surface area contributed by atoms with E-state index in [1.54, 1.807) is 48.5 Å². The molecule has 2 aromatic rings. The lowest BCUT2D eigenvalue weighted by Crippen LogP contribution is -2.43. The minimum absolute atomic E-state index is 0.473. The van der Waals surface area contributed by atoms with Gasteiger partial charge in [-0.1, -0.05) is 0 Å². The Kier molecular flexibility index (Phi) is 4.44. The molecule has 0 radical (unpaired) electrons. The van der Waals surface area contributed by atoms with Crippen LogP contribution in [0, 0.1) is 0 Å². The Labute approximate surface area is 161 Å². The molecule has 2 fully saturated rings. The van der Waals surface area contributed by atoms with Gasteiger partial charge in [-0.2, -0.15) is 0 Å². The summed E-state index contributed by atoms with van der Waals surface area (Å²) < 4.78 is 10.2. The van der Waals surface area contributed by atoms with Gasteiger partial charge in [0.2, 0.25) is 0 Å². The lowest BCUT2D eigenvalue weighted by molar-refractivity contribution is -0.127. The van der Waals surface area contributed by atoms with E-state index in [0.717, 1.165) is 0 Å². The van der Waals surface area contributed by atoms with Crippen molar-refractivity contribution in [3.8, 4) is 11.5 Å². The molecule has 8 heteroatoms. The maximum Gasteiger partial charge on any atom is 0.258 e. The molecule has 0 spiro atoms. The first-order chi connectivity index (χ1) is 13.5. The molecule has 0 saturated carbocycles. The molecule has 4 rings (SSSR count). The highest BCUT2D eigenvalue weighted by Gasteiger charge is 2.61. The number of amides is 2. The van der Waals surface area contributed by atoms with Crippen molar-refractivity contribution in [2.45, 2.75) is 24.3 Å². The number of hydrogen-bond acceptors (Lipinski definition) is 6. The van der Waals surface area contributed by atoms with Gasteiger partial charge < -0.3 is 29.5 Å². The lowest BCUT2D eigenvalue weighted by Gasteiger charge is -2.26. The highest BCUT2D eigenvalue weighted by Crippen LogP contribution is 2.40. The number of ether oxygens (including phenoxy) is 2. The van der Waals surface area contributed by atoms with E-state index in [2.05, 4.69) is 0 Å². The number of benzene rings is 2. The maximum absolute atomic E-state index is 12.8. The fourth-order valence-corrected chi connectivity index (χ4v) is 3.92. The van der Waals surface area contributed by atoms with Crippen molar-refractivity contribution in [1.29, 1.82) is 0 Å². The number of anilines is 2. The molecule has 4 atom stereocenters. The van der Waals surface area contributed by atoms with Gasteiger partial charge in [0.05, 0.1) is 26.3 Å². The van der Waals surface area contributed by atoms with Crippen LogP contribution in [-0.4, -0.2) is 60.5 Å². The average Bonchev–Trinajstić information content (AvgIpc) is 3.13. The van der Waals surface area contributed by atoms with E-state index >= 15 is 0 Å². The van der Waals surface area contributed by atoms with Gasteiger partial charge in [-0.15, -0.1) is 0 Å². The lowest BCUT2D eigenvalue weighted by atomic mass is 10.1. The molecule has 0 aromatic heterocycles. The van der Waals surface area contributed by atoms with E-state index in [-0.39, 0.29) is 0 Å². The van der Waals surface area contributed by atoms with Gasteiger partial charge >= 0.3 is 0 Å². The van der Waals surface area contributed by atoms with Gasteiger partial charge in [-0.25, -0.2) is 0 Å². The SMILES string of the molecule is COc1ccc(N2C(=O)[C@@H](O)[C@H]3[C@@H]2[C@H](O)C(=O)N3c2ccc(OC)cc2)cc1. The molecule has 28 heavy (non-hydrogen) atoms. The van der Waals surface area contributed by atoms with Crippen molar-refractivity contribution in [3.63, 3.8) is 0 Å². The molecule has 0 unspecified atom stereocenters. The van der Waals surface area contributed by atoms with Gasteiger partial charge in [0.15, 0.2) is 12.2 Å². The molecule has 2 saturated heterocycles. The number of aliphatic hydroxyl groups excluding tert-OH is 2. The summed E-state index contributed by atoms with van der Waals surface area (Å²) in [5.41, 5.74) is 0.946. The monoisotopic (exact) mass is 384 g/mol. The van der Waals surface area contributed by atoms with Crippen LogP contribution in [-0.2, 0) is 9.59 Å². The number of fused-ring (bicyclic) bond motifs is 1. The quantitative estimate of drug-likeness (QED) is 0.799. The van der Waals surface area contributed by atoms with Crippen LogP contribution in [0.2, 0.25) is 0 Å². The van der Waals surface area contributed by atoms with Crippen LogP contribution in [0.15, 0.2) is 48.5 Å². The normalized spacial score (nSPS) is 26.6. The molecular formula is C20H20N2O6. The molecule has 0 bridgehead atoms. The molecule has 2 aliphatic heterocycles. The fourth-order valence-electron chi connectivity index (χ4n) is 3.92. The molecule has 2 heterocycles. The third kappa shape index (κ3) is 2.61. The van der Waals surface area contributed by atoms with Gasteiger partial charge in [-0.05, 0) is 48.5 Å². The topological polar surface area (TPSA) is 99.5 Å². The maximum atomic E-state index is 12.8. The van der Waals surface area contributed by atoms with E-state index in [9.17, 15) is 19.8 Å². The van der Waals surface area contributed by atoms with Crippen LogP contribution in [0.5, 0.6) is 11.5 Å². The number of hydrogen-bond donors (Lipinski definition) is 2. The summed E-state index contributed by atoms with van der Waals surface area (Å²) in [5, 5.41) is 21.2. The molecule has 146 valence electrons. The highest BCUT2D eigenvalue weighted by atomic mass is 16.5. The van der Waals surface area contributed by atoms with Crippen LogP contribution in [0.4, 0.5) is 11.4 Å². The van der Waals surface area contributed by atoms with Crippen molar-refractivity contribution in [3.05, 3.63) is 48.5 Å². The first-order valence-electron chi connectivity index (χ1n) is 8.78. The van der Waals surface area contributed by atoms with Crippen molar-refractivity contribution in [2.75, 3.05) is 24.0 Å². The fraction of sp³-hybridized carbons (Fsp3) is 0.300. The van der Waals surface area contributed by atoms with Crippen LogP contribution in [0.25, 0.3) is 0 Å². The number of carbonyl (C=O) groups excluding carboxylic acids is 2. The van der Waals surface area contributed by atoms with Crippen LogP contribution < -0.4 is 19.3 Å². The summed E-state index contributed by atoms with van der Waals surface area (Å²) in [6, 6.07) is 11.5. The molecule has 2 amide bonds. The third-order valence-corrected chi connectivity index (χ3v) is 5.28. The Morgan fingerprint density at radius 3 is 1.29 bits per heavy atom. The Morgan fingerprint density at radius 2 is 1.00 bits per heavy atom. The van der Waals surface area contributed by atoms with E-state index in [0.29, 0.717) is 22.9 Å². The number of nitrogens with zero attached hydrogens (tertiary/aromatic N) is 2. The zero-order valence-corrected chi connectivity index (χ0v) is 15.4. The zero-order valence-electron chi connectivity index (χ0n) is 15.4. The number of methoxy groups -OCH3 is 2. The minimum Gasteiger partial charge on any atom is -0.497 e.